The third kappa shape index (κ3) is 5.76. The molecule has 0 saturated heterocycles. The van der Waals surface area contributed by atoms with Crippen molar-refractivity contribution in [1.82, 2.24) is 0 Å². The minimum atomic E-state index is -0.892. The molecule has 0 amide bonds. The fourth-order valence-corrected chi connectivity index (χ4v) is 2.90. The SMILES string of the molecule is NC(N)=NCCC[C@H](N)C(O)C1=NC(CC(=O)O)CS1. The van der Waals surface area contributed by atoms with E-state index in [-0.39, 0.29) is 18.4 Å². The largest absolute Gasteiger partial charge is 0.481 e. The van der Waals surface area contributed by atoms with E-state index in [0.717, 1.165) is 0 Å². The van der Waals surface area contributed by atoms with Gasteiger partial charge in [-0.3, -0.25) is 14.8 Å². The molecule has 0 aromatic rings. The second-order valence-electron chi connectivity index (χ2n) is 4.59. The Bertz CT molecular complexity index is 398. The van der Waals surface area contributed by atoms with Gasteiger partial charge < -0.3 is 27.4 Å². The van der Waals surface area contributed by atoms with Gasteiger partial charge in [0.15, 0.2) is 5.96 Å². The summed E-state index contributed by atoms with van der Waals surface area (Å²) in [6.45, 7) is 0.462. The maximum Gasteiger partial charge on any atom is 0.305 e. The molecule has 0 aromatic heterocycles. The molecule has 20 heavy (non-hydrogen) atoms. The van der Waals surface area contributed by atoms with Gasteiger partial charge in [-0.1, -0.05) is 0 Å². The fraction of sp³-hybridized carbons (Fsp3) is 0.727. The first-order chi connectivity index (χ1) is 9.40. The number of aliphatic carboxylic acids is 1. The maximum absolute atomic E-state index is 10.6. The van der Waals surface area contributed by atoms with Crippen LogP contribution < -0.4 is 17.2 Å². The van der Waals surface area contributed by atoms with Gasteiger partial charge in [0.1, 0.15) is 6.10 Å². The van der Waals surface area contributed by atoms with Gasteiger partial charge in [-0.05, 0) is 12.8 Å². The Kier molecular flexibility index (Phi) is 6.76. The molecule has 0 bridgehead atoms. The summed E-state index contributed by atoms with van der Waals surface area (Å²) < 4.78 is 0. The lowest BCUT2D eigenvalue weighted by molar-refractivity contribution is -0.137. The van der Waals surface area contributed by atoms with E-state index in [0.29, 0.717) is 30.2 Å². The highest BCUT2D eigenvalue weighted by atomic mass is 32.2. The van der Waals surface area contributed by atoms with Crippen LogP contribution in [0.2, 0.25) is 0 Å². The van der Waals surface area contributed by atoms with E-state index in [1.807, 2.05) is 0 Å². The lowest BCUT2D eigenvalue weighted by Gasteiger charge is -2.17. The van der Waals surface area contributed by atoms with E-state index in [2.05, 4.69) is 9.98 Å². The predicted molar refractivity (Wildman–Crippen MR) is 79.8 cm³/mol. The highest BCUT2D eigenvalue weighted by Crippen LogP contribution is 2.24. The molecule has 114 valence electrons. The molecule has 0 fully saturated rings. The number of aliphatic hydroxyl groups is 1. The molecule has 9 heteroatoms. The van der Waals surface area contributed by atoms with Gasteiger partial charge in [0, 0.05) is 18.3 Å². The first kappa shape index (κ1) is 16.7. The number of hydrogen-bond acceptors (Lipinski definition) is 6. The van der Waals surface area contributed by atoms with Crippen LogP contribution in [0, 0.1) is 0 Å². The minimum Gasteiger partial charge on any atom is -0.481 e. The van der Waals surface area contributed by atoms with Crippen molar-refractivity contribution in [2.45, 2.75) is 37.5 Å². The van der Waals surface area contributed by atoms with Crippen LogP contribution >= 0.6 is 11.8 Å². The average molecular weight is 303 g/mol. The monoisotopic (exact) mass is 303 g/mol. The zero-order valence-electron chi connectivity index (χ0n) is 11.1. The second-order valence-corrected chi connectivity index (χ2v) is 5.63. The van der Waals surface area contributed by atoms with Crippen LogP contribution in [0.15, 0.2) is 9.98 Å². The summed E-state index contributed by atoms with van der Waals surface area (Å²) >= 11 is 1.36. The Hall–Kier alpha value is -1.32. The molecule has 2 unspecified atom stereocenters. The zero-order valence-corrected chi connectivity index (χ0v) is 11.9. The first-order valence-electron chi connectivity index (χ1n) is 6.31. The number of rotatable bonds is 8. The van der Waals surface area contributed by atoms with Crippen molar-refractivity contribution in [3.8, 4) is 0 Å². The standard InChI is InChI=1S/C11H21N5O3S/c12-7(2-1-3-15-11(13)14)9(19)10-16-6(5-20-10)4-8(17)18/h6-7,9,19H,1-5,12H2,(H,17,18)(H4,13,14,15)/t6?,7-,9?/m0/s1. The smallest absolute Gasteiger partial charge is 0.305 e. The number of aliphatic hydroxyl groups excluding tert-OH is 1. The summed E-state index contributed by atoms with van der Waals surface area (Å²) in [4.78, 5) is 18.6. The molecule has 0 aliphatic carbocycles. The normalized spacial score (nSPS) is 21.1. The van der Waals surface area contributed by atoms with Crippen molar-refractivity contribution in [1.29, 1.82) is 0 Å². The summed E-state index contributed by atoms with van der Waals surface area (Å²) in [7, 11) is 0. The van der Waals surface area contributed by atoms with Gasteiger partial charge in [-0.2, -0.15) is 0 Å². The molecule has 1 rings (SSSR count). The molecule has 0 radical (unpaired) electrons. The van der Waals surface area contributed by atoms with Gasteiger partial charge in [0.2, 0.25) is 0 Å². The third-order valence-electron chi connectivity index (χ3n) is 2.79. The van der Waals surface area contributed by atoms with Crippen molar-refractivity contribution in [2.24, 2.45) is 27.2 Å². The highest BCUT2D eigenvalue weighted by Gasteiger charge is 2.28. The predicted octanol–water partition coefficient (Wildman–Crippen LogP) is -1.28. The van der Waals surface area contributed by atoms with Gasteiger partial charge >= 0.3 is 5.97 Å². The minimum absolute atomic E-state index is 0.0249. The molecule has 1 aliphatic rings. The van der Waals surface area contributed by atoms with E-state index >= 15 is 0 Å². The van der Waals surface area contributed by atoms with Crippen LogP contribution in [-0.4, -0.2) is 57.7 Å². The van der Waals surface area contributed by atoms with E-state index in [1.165, 1.54) is 11.8 Å². The third-order valence-corrected chi connectivity index (χ3v) is 3.99. The number of nitrogens with zero attached hydrogens (tertiary/aromatic N) is 2. The zero-order chi connectivity index (χ0) is 15.1. The number of guanidine groups is 1. The molecular formula is C11H21N5O3S. The van der Waals surface area contributed by atoms with Crippen LogP contribution in [0.5, 0.6) is 0 Å². The van der Waals surface area contributed by atoms with Crippen LogP contribution in [0.4, 0.5) is 0 Å². The van der Waals surface area contributed by atoms with Gasteiger partial charge in [0.05, 0.1) is 17.5 Å². The molecule has 3 atom stereocenters. The molecule has 8 nitrogen and oxygen atoms in total. The summed E-state index contributed by atoms with van der Waals surface area (Å²) in [6, 6.07) is -0.741. The molecule has 0 saturated carbocycles. The summed E-state index contributed by atoms with van der Waals surface area (Å²) in [5.74, 6) is -0.289. The lowest BCUT2D eigenvalue weighted by atomic mass is 10.1. The number of carboxylic acid groups (broad SMARTS) is 1. The van der Waals surface area contributed by atoms with Crippen LogP contribution in [0.25, 0.3) is 0 Å². The van der Waals surface area contributed by atoms with Crippen molar-refractivity contribution >= 4 is 28.7 Å². The molecule has 0 spiro atoms. The molecular weight excluding hydrogens is 282 g/mol. The van der Waals surface area contributed by atoms with Gasteiger partial charge in [-0.15, -0.1) is 11.8 Å². The van der Waals surface area contributed by atoms with E-state index in [1.54, 1.807) is 0 Å². The van der Waals surface area contributed by atoms with Crippen LogP contribution in [0.3, 0.4) is 0 Å². The summed E-state index contributed by atoms with van der Waals surface area (Å²) in [5.41, 5.74) is 16.3. The number of aliphatic imine (C=N–C) groups is 2. The highest BCUT2D eigenvalue weighted by molar-refractivity contribution is 8.14. The van der Waals surface area contributed by atoms with Crippen molar-refractivity contribution in [3.63, 3.8) is 0 Å². The van der Waals surface area contributed by atoms with Crippen LogP contribution in [-0.2, 0) is 4.79 Å². The topological polar surface area (TPSA) is 160 Å². The number of hydrogen-bond donors (Lipinski definition) is 5. The molecule has 1 heterocycles. The summed E-state index contributed by atoms with van der Waals surface area (Å²) in [5, 5.41) is 19.3. The number of nitrogens with two attached hydrogens (primary N) is 3. The Morgan fingerprint density at radius 3 is 2.85 bits per heavy atom. The Morgan fingerprint density at radius 2 is 2.25 bits per heavy atom. The Balaban J connectivity index is 2.39. The molecule has 8 N–H and O–H groups in total. The van der Waals surface area contributed by atoms with Gasteiger partial charge in [0.25, 0.3) is 0 Å². The maximum atomic E-state index is 10.6. The number of carbonyl (C=O) groups is 1. The van der Waals surface area contributed by atoms with E-state index in [4.69, 9.17) is 22.3 Å². The Labute approximate surface area is 121 Å². The van der Waals surface area contributed by atoms with E-state index < -0.39 is 18.1 Å². The van der Waals surface area contributed by atoms with Gasteiger partial charge in [-0.25, -0.2) is 0 Å². The molecule has 0 aromatic carbocycles. The number of thioether (sulfide) groups is 1. The quantitative estimate of drug-likeness (QED) is 0.212. The van der Waals surface area contributed by atoms with E-state index in [9.17, 15) is 9.90 Å². The average Bonchev–Trinajstić information content (AvgIpc) is 2.80. The number of carboxylic acids is 1. The summed E-state index contributed by atoms with van der Waals surface area (Å²) in [6.07, 6.45) is 0.328. The van der Waals surface area contributed by atoms with Crippen molar-refractivity contribution in [2.75, 3.05) is 12.3 Å². The lowest BCUT2D eigenvalue weighted by Crippen LogP contribution is -2.39. The van der Waals surface area contributed by atoms with Crippen LogP contribution in [0.1, 0.15) is 19.3 Å². The first-order valence-corrected chi connectivity index (χ1v) is 7.30. The Morgan fingerprint density at radius 1 is 1.55 bits per heavy atom. The van der Waals surface area contributed by atoms with Crippen molar-refractivity contribution in [3.05, 3.63) is 0 Å². The van der Waals surface area contributed by atoms with Crippen molar-refractivity contribution < 1.29 is 15.0 Å². The second kappa shape index (κ2) is 8.08. The fourth-order valence-electron chi connectivity index (χ4n) is 1.78. The molecule has 1 aliphatic heterocycles.